The molecule has 0 amide bonds. The summed E-state index contributed by atoms with van der Waals surface area (Å²) in [6.45, 7) is 0. The third-order valence-corrected chi connectivity index (χ3v) is 8.13. The lowest BCUT2D eigenvalue weighted by Gasteiger charge is -2.18. The van der Waals surface area contributed by atoms with E-state index in [1.807, 2.05) is 48.5 Å². The molecule has 200 valence electrons. The van der Waals surface area contributed by atoms with Crippen molar-refractivity contribution in [2.45, 2.75) is 12.3 Å². The molecule has 2 heterocycles. The smallest absolute Gasteiger partial charge is 0.227 e. The highest BCUT2D eigenvalue weighted by Gasteiger charge is 2.21. The second kappa shape index (κ2) is 10.2. The Kier molecular flexibility index (Phi) is 5.93. The van der Waals surface area contributed by atoms with E-state index in [1.165, 1.54) is 16.7 Å². The molecule has 3 heteroatoms. The zero-order valence-electron chi connectivity index (χ0n) is 22.9. The average Bonchev–Trinajstić information content (AvgIpc) is 3.66. The Labute approximate surface area is 243 Å². The molecule has 0 radical (unpaired) electrons. The van der Waals surface area contributed by atoms with Crippen LogP contribution in [0.2, 0.25) is 0 Å². The summed E-state index contributed by atoms with van der Waals surface area (Å²) >= 11 is 0. The van der Waals surface area contributed by atoms with Crippen LogP contribution >= 0.6 is 0 Å². The van der Waals surface area contributed by atoms with Crippen molar-refractivity contribution in [3.8, 4) is 22.6 Å². The summed E-state index contributed by atoms with van der Waals surface area (Å²) in [6, 6.07) is 50.7. The maximum Gasteiger partial charge on any atom is 0.227 e. The van der Waals surface area contributed by atoms with E-state index in [0.717, 1.165) is 56.1 Å². The molecule has 0 aliphatic rings. The summed E-state index contributed by atoms with van der Waals surface area (Å²) in [4.78, 5) is 5.00. The number of aromatic nitrogens is 1. The number of rotatable bonds is 6. The van der Waals surface area contributed by atoms with Crippen LogP contribution in [0.5, 0.6) is 0 Å². The van der Waals surface area contributed by atoms with Crippen LogP contribution in [0.1, 0.15) is 22.6 Å². The maximum atomic E-state index is 6.49. The lowest BCUT2D eigenvalue weighted by Crippen LogP contribution is -2.05. The Morgan fingerprint density at radius 2 is 1.14 bits per heavy atom. The highest BCUT2D eigenvalue weighted by molar-refractivity contribution is 6.16. The fourth-order valence-electron chi connectivity index (χ4n) is 6.06. The van der Waals surface area contributed by atoms with Crippen molar-refractivity contribution >= 4 is 33.0 Å². The van der Waals surface area contributed by atoms with E-state index in [4.69, 9.17) is 13.8 Å². The zero-order valence-corrected chi connectivity index (χ0v) is 22.9. The van der Waals surface area contributed by atoms with Gasteiger partial charge in [-0.3, -0.25) is 0 Å². The summed E-state index contributed by atoms with van der Waals surface area (Å²) in [7, 11) is 0. The molecule has 0 N–H and O–H groups in total. The molecule has 8 aromatic rings. The van der Waals surface area contributed by atoms with Crippen molar-refractivity contribution in [2.24, 2.45) is 0 Å². The third-order valence-electron chi connectivity index (χ3n) is 8.13. The Balaban J connectivity index is 1.25. The Morgan fingerprint density at radius 3 is 1.83 bits per heavy atom. The molecular formula is C39H27NO2. The van der Waals surface area contributed by atoms with E-state index in [0.29, 0.717) is 5.89 Å². The van der Waals surface area contributed by atoms with Gasteiger partial charge in [0.1, 0.15) is 16.7 Å². The molecule has 0 spiro atoms. The normalized spacial score (nSPS) is 11.6. The number of hydrogen-bond donors (Lipinski definition) is 0. The molecule has 8 rings (SSSR count). The van der Waals surface area contributed by atoms with Gasteiger partial charge < -0.3 is 8.83 Å². The number of benzene rings is 6. The lowest BCUT2D eigenvalue weighted by molar-refractivity contribution is 0.620. The van der Waals surface area contributed by atoms with Crippen molar-refractivity contribution in [3.05, 3.63) is 162 Å². The first-order valence-corrected chi connectivity index (χ1v) is 14.3. The highest BCUT2D eigenvalue weighted by Crippen LogP contribution is 2.42. The van der Waals surface area contributed by atoms with Crippen LogP contribution in [-0.4, -0.2) is 4.98 Å². The van der Waals surface area contributed by atoms with E-state index in [9.17, 15) is 0 Å². The average molecular weight is 542 g/mol. The van der Waals surface area contributed by atoms with Crippen LogP contribution in [-0.2, 0) is 6.42 Å². The molecule has 0 atom stereocenters. The second-order valence-corrected chi connectivity index (χ2v) is 10.7. The van der Waals surface area contributed by atoms with Crippen LogP contribution in [0.4, 0.5) is 0 Å². The van der Waals surface area contributed by atoms with Crippen LogP contribution in [0.25, 0.3) is 55.6 Å². The summed E-state index contributed by atoms with van der Waals surface area (Å²) in [6.07, 6.45) is 0.903. The fourth-order valence-corrected chi connectivity index (χ4v) is 6.06. The van der Waals surface area contributed by atoms with Gasteiger partial charge in [-0.2, -0.15) is 0 Å². The summed E-state index contributed by atoms with van der Waals surface area (Å²) in [5.41, 5.74) is 10.1. The molecular weight excluding hydrogens is 514 g/mol. The van der Waals surface area contributed by atoms with Gasteiger partial charge in [0.15, 0.2) is 5.58 Å². The van der Waals surface area contributed by atoms with Crippen molar-refractivity contribution in [1.29, 1.82) is 0 Å². The Morgan fingerprint density at radius 1 is 0.524 bits per heavy atom. The third kappa shape index (κ3) is 4.27. The number of para-hydroxylation sites is 1. The van der Waals surface area contributed by atoms with Crippen LogP contribution < -0.4 is 0 Å². The van der Waals surface area contributed by atoms with E-state index in [-0.39, 0.29) is 5.92 Å². The number of nitrogens with zero attached hydrogens (tertiary/aromatic N) is 1. The van der Waals surface area contributed by atoms with Gasteiger partial charge in [0.05, 0.1) is 5.56 Å². The maximum absolute atomic E-state index is 6.49. The predicted molar refractivity (Wildman–Crippen MR) is 171 cm³/mol. The molecule has 0 saturated heterocycles. The molecule has 42 heavy (non-hydrogen) atoms. The second-order valence-electron chi connectivity index (χ2n) is 10.7. The van der Waals surface area contributed by atoms with Gasteiger partial charge in [0.2, 0.25) is 5.89 Å². The molecule has 2 aromatic heterocycles. The molecule has 3 nitrogen and oxygen atoms in total. The summed E-state index contributed by atoms with van der Waals surface area (Å²) in [5, 5.41) is 2.10. The van der Waals surface area contributed by atoms with E-state index < -0.39 is 0 Å². The van der Waals surface area contributed by atoms with Gasteiger partial charge in [0.25, 0.3) is 0 Å². The zero-order chi connectivity index (χ0) is 27.9. The topological polar surface area (TPSA) is 39.2 Å². The van der Waals surface area contributed by atoms with Gasteiger partial charge in [-0.15, -0.1) is 0 Å². The van der Waals surface area contributed by atoms with Gasteiger partial charge in [-0.05, 0) is 52.9 Å². The standard InChI is InChI=1S/C39H27NO2/c1-4-12-27(13-5-1)32(28-14-6-2-7-15-28)24-26-20-22-29(23-21-26)36-37-35(42-39(40-37)30-16-8-3-9-17-30)25-33-31-18-10-11-19-34(31)41-38(33)36/h1-23,25,32H,24H2. The van der Waals surface area contributed by atoms with Gasteiger partial charge in [-0.25, -0.2) is 4.98 Å². The summed E-state index contributed by atoms with van der Waals surface area (Å²) in [5.74, 6) is 0.877. The Bertz CT molecular complexity index is 2100. The monoisotopic (exact) mass is 541 g/mol. The first kappa shape index (κ1) is 24.4. The van der Waals surface area contributed by atoms with Crippen LogP contribution in [0, 0.1) is 0 Å². The predicted octanol–water partition coefficient (Wildman–Crippen LogP) is 10.4. The Hall–Kier alpha value is -5.41. The molecule has 0 aliphatic carbocycles. The minimum atomic E-state index is 0.271. The van der Waals surface area contributed by atoms with Crippen LogP contribution in [0.15, 0.2) is 154 Å². The summed E-state index contributed by atoms with van der Waals surface area (Å²) < 4.78 is 12.9. The van der Waals surface area contributed by atoms with Crippen molar-refractivity contribution in [1.82, 2.24) is 4.98 Å². The minimum absolute atomic E-state index is 0.271. The van der Waals surface area contributed by atoms with E-state index >= 15 is 0 Å². The van der Waals surface area contributed by atoms with E-state index in [2.05, 4.69) is 97.1 Å². The number of oxazole rings is 1. The van der Waals surface area contributed by atoms with Crippen molar-refractivity contribution < 1.29 is 8.83 Å². The minimum Gasteiger partial charge on any atom is -0.455 e. The van der Waals surface area contributed by atoms with Gasteiger partial charge in [-0.1, -0.05) is 121 Å². The van der Waals surface area contributed by atoms with E-state index in [1.54, 1.807) is 0 Å². The first-order valence-electron chi connectivity index (χ1n) is 14.3. The number of furan rings is 1. The SMILES string of the molecule is c1ccc(-c2nc3c(-c4ccc(CC(c5ccccc5)c5ccccc5)cc4)c4oc5ccccc5c4cc3o2)cc1. The number of hydrogen-bond acceptors (Lipinski definition) is 3. The van der Waals surface area contributed by atoms with Crippen molar-refractivity contribution in [3.63, 3.8) is 0 Å². The van der Waals surface area contributed by atoms with Crippen LogP contribution in [0.3, 0.4) is 0 Å². The van der Waals surface area contributed by atoms with Gasteiger partial charge in [0, 0.05) is 22.3 Å². The quantitative estimate of drug-likeness (QED) is 0.210. The molecule has 6 aromatic carbocycles. The fraction of sp³-hybridized carbons (Fsp3) is 0.0513. The molecule has 0 fully saturated rings. The molecule has 0 unspecified atom stereocenters. The van der Waals surface area contributed by atoms with Crippen molar-refractivity contribution in [2.75, 3.05) is 0 Å². The first-order chi connectivity index (χ1) is 20.8. The highest BCUT2D eigenvalue weighted by atomic mass is 16.4. The largest absolute Gasteiger partial charge is 0.455 e. The molecule has 0 saturated carbocycles. The molecule has 0 aliphatic heterocycles. The number of fused-ring (bicyclic) bond motifs is 4. The molecule has 0 bridgehead atoms. The van der Waals surface area contributed by atoms with Gasteiger partial charge >= 0.3 is 0 Å². The lowest BCUT2D eigenvalue weighted by atomic mass is 9.85.